The van der Waals surface area contributed by atoms with E-state index < -0.39 is 0 Å². The number of benzene rings is 9. The summed E-state index contributed by atoms with van der Waals surface area (Å²) < 4.78 is 21.8. The van der Waals surface area contributed by atoms with Crippen molar-refractivity contribution in [2.75, 3.05) is 9.80 Å². The van der Waals surface area contributed by atoms with Crippen LogP contribution in [0.2, 0.25) is 0 Å². The molecule has 2 aliphatic rings. The Bertz CT molecular complexity index is 4070. The third-order valence-electron chi connectivity index (χ3n) is 15.3. The molecule has 0 spiro atoms. The van der Waals surface area contributed by atoms with Gasteiger partial charge in [-0.3, -0.25) is 0 Å². The predicted molar refractivity (Wildman–Crippen MR) is 305 cm³/mol. The van der Waals surface area contributed by atoms with Gasteiger partial charge in [-0.15, -0.1) is 0 Å². The molecule has 13 rings (SSSR count). The van der Waals surface area contributed by atoms with Crippen molar-refractivity contribution in [1.82, 2.24) is 0 Å². The molecule has 0 saturated heterocycles. The number of para-hydroxylation sites is 4. The molecular formula is C68H60N2O3. The highest BCUT2D eigenvalue weighted by Crippen LogP contribution is 2.59. The number of ether oxygens (including phenoxy) is 1. The van der Waals surface area contributed by atoms with E-state index in [1.54, 1.807) is 0 Å². The summed E-state index contributed by atoms with van der Waals surface area (Å²) in [6.45, 7) is 22.3. The summed E-state index contributed by atoms with van der Waals surface area (Å²) in [5.74, 6) is 0.780. The highest BCUT2D eigenvalue weighted by molar-refractivity contribution is 6.14. The Labute approximate surface area is 427 Å². The molecule has 360 valence electrons. The van der Waals surface area contributed by atoms with Crippen molar-refractivity contribution in [3.8, 4) is 5.75 Å². The van der Waals surface area contributed by atoms with E-state index in [1.807, 2.05) is 0 Å². The van der Waals surface area contributed by atoms with Crippen molar-refractivity contribution in [3.05, 3.63) is 220 Å². The Balaban J connectivity index is 1.08. The van der Waals surface area contributed by atoms with Gasteiger partial charge in [0.25, 0.3) is 0 Å². The second-order valence-electron chi connectivity index (χ2n) is 22.8. The van der Waals surface area contributed by atoms with E-state index in [0.717, 1.165) is 111 Å². The van der Waals surface area contributed by atoms with Crippen LogP contribution in [0.25, 0.3) is 60.3 Å². The molecule has 1 aliphatic carbocycles. The molecule has 5 heteroatoms. The Hall–Kier alpha value is -8.02. The second kappa shape index (κ2) is 16.2. The van der Waals surface area contributed by atoms with E-state index >= 15 is 0 Å². The van der Waals surface area contributed by atoms with E-state index in [9.17, 15) is 0 Å². The zero-order chi connectivity index (χ0) is 50.2. The summed E-state index contributed by atoms with van der Waals surface area (Å²) in [7, 11) is 0. The number of rotatable bonds is 6. The summed E-state index contributed by atoms with van der Waals surface area (Å²) in [5, 5.41) is 6.62. The van der Waals surface area contributed by atoms with Crippen LogP contribution in [0.5, 0.6) is 5.75 Å². The van der Waals surface area contributed by atoms with Gasteiger partial charge in [-0.1, -0.05) is 163 Å². The molecule has 3 heterocycles. The predicted octanol–water partition coefficient (Wildman–Crippen LogP) is 19.3. The highest BCUT2D eigenvalue weighted by Gasteiger charge is 2.43. The maximum atomic E-state index is 7.40. The normalized spacial score (nSPS) is 15.5. The van der Waals surface area contributed by atoms with Gasteiger partial charge in [0, 0.05) is 77.4 Å². The minimum atomic E-state index is -0.254. The largest absolute Gasteiger partial charge is 0.484 e. The van der Waals surface area contributed by atoms with Gasteiger partial charge < -0.3 is 23.4 Å². The number of aryl methyl sites for hydroxylation is 4. The number of furan rings is 2. The zero-order valence-corrected chi connectivity index (χ0v) is 43.4. The molecule has 0 bridgehead atoms. The fraction of sp³-hybridized carbons (Fsp3) is 0.206. The third kappa shape index (κ3) is 7.11. The lowest BCUT2D eigenvalue weighted by Crippen LogP contribution is -2.23. The van der Waals surface area contributed by atoms with Gasteiger partial charge in [0.2, 0.25) is 0 Å². The van der Waals surface area contributed by atoms with Crippen LogP contribution in [0.4, 0.5) is 28.4 Å². The molecule has 9 aromatic carbocycles. The van der Waals surface area contributed by atoms with Crippen LogP contribution in [-0.4, -0.2) is 0 Å². The first-order chi connectivity index (χ1) is 35.1. The summed E-state index contributed by atoms with van der Waals surface area (Å²) in [6.07, 6.45) is 2.22. The Kier molecular flexibility index (Phi) is 9.99. The van der Waals surface area contributed by atoms with E-state index in [0.29, 0.717) is 0 Å². The van der Waals surface area contributed by atoms with Crippen LogP contribution in [0.3, 0.4) is 0 Å². The first kappa shape index (κ1) is 44.9. The average molecular weight is 953 g/mol. The molecule has 0 fully saturated rings. The molecule has 0 amide bonds. The number of hydrogen-bond donors (Lipinski definition) is 0. The number of fused-ring (bicyclic) bond motifs is 13. The monoisotopic (exact) mass is 952 g/mol. The third-order valence-corrected chi connectivity index (χ3v) is 15.3. The Morgan fingerprint density at radius 3 is 1.40 bits per heavy atom. The van der Waals surface area contributed by atoms with Gasteiger partial charge >= 0.3 is 0 Å². The SMILES string of the molecule is Cc1cc(C)cc(N(C2=CC3c4cc(N(c5cc(C)cc(C)c5)c5cccc6c5oc5c(C(C)(C)C)cccc56)c5ccccc5c4OC3c3ccccc32)c2cccc3c2oc2c(C(C)(C)C)cccc23)c1. The first-order valence-corrected chi connectivity index (χ1v) is 25.8. The van der Waals surface area contributed by atoms with Crippen molar-refractivity contribution >= 4 is 88.8 Å². The van der Waals surface area contributed by atoms with Crippen LogP contribution < -0.4 is 14.5 Å². The lowest BCUT2D eigenvalue weighted by molar-refractivity contribution is 0.225. The number of hydrogen-bond acceptors (Lipinski definition) is 5. The van der Waals surface area contributed by atoms with Crippen molar-refractivity contribution in [2.24, 2.45) is 0 Å². The molecule has 0 N–H and O–H groups in total. The van der Waals surface area contributed by atoms with Crippen molar-refractivity contribution < 1.29 is 13.6 Å². The van der Waals surface area contributed by atoms with Gasteiger partial charge in [-0.2, -0.15) is 0 Å². The van der Waals surface area contributed by atoms with Crippen LogP contribution in [0, 0.1) is 27.7 Å². The lowest BCUT2D eigenvalue weighted by Gasteiger charge is -2.35. The minimum absolute atomic E-state index is 0.109. The van der Waals surface area contributed by atoms with Gasteiger partial charge in [0.15, 0.2) is 11.2 Å². The van der Waals surface area contributed by atoms with Gasteiger partial charge in [0.1, 0.15) is 23.0 Å². The molecule has 2 aromatic heterocycles. The molecular weight excluding hydrogens is 893 g/mol. The molecule has 0 saturated carbocycles. The van der Waals surface area contributed by atoms with Crippen LogP contribution in [0.15, 0.2) is 179 Å². The van der Waals surface area contributed by atoms with Crippen molar-refractivity contribution in [1.29, 1.82) is 0 Å². The number of nitrogens with zero attached hydrogens (tertiary/aromatic N) is 2. The molecule has 0 radical (unpaired) electrons. The zero-order valence-electron chi connectivity index (χ0n) is 43.4. The van der Waals surface area contributed by atoms with E-state index in [4.69, 9.17) is 13.6 Å². The fourth-order valence-electron chi connectivity index (χ4n) is 12.3. The van der Waals surface area contributed by atoms with Gasteiger partial charge in [-0.05, 0) is 109 Å². The smallest absolute Gasteiger partial charge is 0.159 e. The molecule has 2 atom stereocenters. The van der Waals surface area contributed by atoms with Crippen molar-refractivity contribution in [2.45, 2.75) is 92.1 Å². The van der Waals surface area contributed by atoms with Crippen LogP contribution in [-0.2, 0) is 10.8 Å². The lowest BCUT2D eigenvalue weighted by atomic mass is 9.81. The average Bonchev–Trinajstić information content (AvgIpc) is 4.06. The summed E-state index contributed by atoms with van der Waals surface area (Å²) in [4.78, 5) is 4.89. The fourth-order valence-corrected chi connectivity index (χ4v) is 12.3. The first-order valence-electron chi connectivity index (χ1n) is 25.8. The molecule has 73 heavy (non-hydrogen) atoms. The highest BCUT2D eigenvalue weighted by atomic mass is 16.5. The summed E-state index contributed by atoms with van der Waals surface area (Å²) in [5.41, 5.74) is 20.2. The standard InChI is InChI=1S/C68H60N2O3/c1-39-31-40(2)34-43(33-39)69(57-29-17-25-51-49-23-15-27-55(67(5,6)7)63(49)72-65(51)57)59-37-53-54-38-60(46-20-12-14-22-48(46)62(54)71-61(53)47-21-13-11-19-45(47)59)70(44-35-41(3)32-42(4)36-44)58-30-18-26-52-50-24-16-28-56(68(8,9)10)64(50)73-66(52)58/h11-38,53,61H,1-10H3. The van der Waals surface area contributed by atoms with Gasteiger partial charge in [0.05, 0.1) is 22.8 Å². The second-order valence-corrected chi connectivity index (χ2v) is 22.8. The maximum Gasteiger partial charge on any atom is 0.159 e. The quantitative estimate of drug-likeness (QED) is 0.166. The van der Waals surface area contributed by atoms with E-state index in [1.165, 1.54) is 33.4 Å². The summed E-state index contributed by atoms with van der Waals surface area (Å²) in [6, 6.07) is 60.1. The maximum absolute atomic E-state index is 7.40. The van der Waals surface area contributed by atoms with Crippen molar-refractivity contribution in [3.63, 3.8) is 0 Å². The summed E-state index contributed by atoms with van der Waals surface area (Å²) >= 11 is 0. The topological polar surface area (TPSA) is 42.0 Å². The van der Waals surface area contributed by atoms with E-state index in [-0.39, 0.29) is 22.9 Å². The van der Waals surface area contributed by atoms with Crippen LogP contribution in [0.1, 0.15) is 104 Å². The molecule has 1 aliphatic heterocycles. The van der Waals surface area contributed by atoms with Gasteiger partial charge in [-0.25, -0.2) is 0 Å². The van der Waals surface area contributed by atoms with Crippen LogP contribution >= 0.6 is 0 Å². The minimum Gasteiger partial charge on any atom is -0.484 e. The molecule has 5 nitrogen and oxygen atoms in total. The molecule has 2 unspecified atom stereocenters. The molecule has 11 aromatic rings. The van der Waals surface area contributed by atoms with E-state index in [2.05, 4.69) is 249 Å². The Morgan fingerprint density at radius 1 is 0.397 bits per heavy atom. The Morgan fingerprint density at radius 2 is 0.849 bits per heavy atom. The number of anilines is 5.